The molecule has 0 fully saturated rings. The molecule has 34 heavy (non-hydrogen) atoms. The Morgan fingerprint density at radius 2 is 1.59 bits per heavy atom. The second-order valence-corrected chi connectivity index (χ2v) is 8.60. The van der Waals surface area contributed by atoms with Crippen molar-refractivity contribution in [3.05, 3.63) is 100 Å². The molecule has 174 valence electrons. The van der Waals surface area contributed by atoms with Crippen LogP contribution in [0.3, 0.4) is 0 Å². The molecule has 4 aromatic rings. The maximum atomic E-state index is 13.7. The molecular formula is C29H29NO4. The molecule has 0 spiro atoms. The average molecular weight is 456 g/mol. The fourth-order valence-electron chi connectivity index (χ4n) is 4.11. The Bertz CT molecular complexity index is 1340. The lowest BCUT2D eigenvalue weighted by Gasteiger charge is -2.20. The number of carbonyl (C=O) groups is 1. The molecule has 5 nitrogen and oxygen atoms in total. The predicted octanol–water partition coefficient (Wildman–Crippen LogP) is 6.08. The summed E-state index contributed by atoms with van der Waals surface area (Å²) >= 11 is 0. The number of hydrogen-bond acceptors (Lipinski definition) is 4. The van der Waals surface area contributed by atoms with E-state index in [-0.39, 0.29) is 23.8 Å². The van der Waals surface area contributed by atoms with Gasteiger partial charge in [0.15, 0.2) is 0 Å². The molecule has 0 aliphatic heterocycles. The molecule has 0 saturated heterocycles. The SMILES string of the molecule is CCOC(=O)c1c(-c2ccccc2)c2ccc(OCc3ccccc3)cc2c(=O)n1CC(C)C. The zero-order valence-corrected chi connectivity index (χ0v) is 19.8. The topological polar surface area (TPSA) is 57.5 Å². The highest BCUT2D eigenvalue weighted by Crippen LogP contribution is 2.33. The minimum atomic E-state index is -0.495. The summed E-state index contributed by atoms with van der Waals surface area (Å²) in [5.74, 6) is 0.266. The van der Waals surface area contributed by atoms with Crippen LogP contribution in [0.15, 0.2) is 83.7 Å². The highest BCUT2D eigenvalue weighted by Gasteiger charge is 2.25. The Labute approximate surface area is 199 Å². The number of aromatic nitrogens is 1. The van der Waals surface area contributed by atoms with Gasteiger partial charge >= 0.3 is 5.97 Å². The molecule has 0 unspecified atom stereocenters. The summed E-state index contributed by atoms with van der Waals surface area (Å²) in [7, 11) is 0. The zero-order valence-electron chi connectivity index (χ0n) is 19.8. The molecule has 1 aromatic heterocycles. The van der Waals surface area contributed by atoms with Gasteiger partial charge in [0.2, 0.25) is 0 Å². The normalized spacial score (nSPS) is 11.1. The van der Waals surface area contributed by atoms with Crippen LogP contribution in [0.5, 0.6) is 5.75 Å². The molecule has 0 aliphatic rings. The zero-order chi connectivity index (χ0) is 24.1. The summed E-state index contributed by atoms with van der Waals surface area (Å²) in [5.41, 5.74) is 2.66. The van der Waals surface area contributed by atoms with E-state index in [0.29, 0.717) is 35.2 Å². The lowest BCUT2D eigenvalue weighted by atomic mass is 9.96. The number of nitrogens with zero attached hydrogens (tertiary/aromatic N) is 1. The summed E-state index contributed by atoms with van der Waals surface area (Å²) in [4.78, 5) is 26.9. The van der Waals surface area contributed by atoms with Crippen LogP contribution in [0.2, 0.25) is 0 Å². The van der Waals surface area contributed by atoms with E-state index < -0.39 is 5.97 Å². The van der Waals surface area contributed by atoms with E-state index in [4.69, 9.17) is 9.47 Å². The van der Waals surface area contributed by atoms with Crippen molar-refractivity contribution in [2.24, 2.45) is 5.92 Å². The van der Waals surface area contributed by atoms with Gasteiger partial charge in [-0.15, -0.1) is 0 Å². The van der Waals surface area contributed by atoms with Crippen LogP contribution in [0.1, 0.15) is 36.8 Å². The number of ether oxygens (including phenoxy) is 2. The Morgan fingerprint density at radius 1 is 0.912 bits per heavy atom. The molecule has 0 bridgehead atoms. The standard InChI is InChI=1S/C29H29NO4/c1-4-33-29(32)27-26(22-13-9-6-10-14-22)24-16-15-23(34-19-21-11-7-5-8-12-21)17-25(24)28(31)30(27)18-20(2)3/h5-17,20H,4,18-19H2,1-3H3. The first-order valence-electron chi connectivity index (χ1n) is 11.6. The van der Waals surface area contributed by atoms with E-state index in [1.165, 1.54) is 0 Å². The maximum Gasteiger partial charge on any atom is 0.355 e. The second-order valence-electron chi connectivity index (χ2n) is 8.60. The van der Waals surface area contributed by atoms with Gasteiger partial charge in [-0.2, -0.15) is 0 Å². The van der Waals surface area contributed by atoms with Crippen molar-refractivity contribution in [1.82, 2.24) is 4.57 Å². The first kappa shape index (κ1) is 23.3. The Hall–Kier alpha value is -3.86. The molecule has 3 aromatic carbocycles. The molecule has 0 N–H and O–H groups in total. The van der Waals surface area contributed by atoms with Gasteiger partial charge in [0, 0.05) is 12.1 Å². The average Bonchev–Trinajstić information content (AvgIpc) is 2.85. The van der Waals surface area contributed by atoms with E-state index in [9.17, 15) is 9.59 Å². The number of esters is 1. The highest BCUT2D eigenvalue weighted by atomic mass is 16.5. The summed E-state index contributed by atoms with van der Waals surface area (Å²) in [6.07, 6.45) is 0. The molecule has 1 heterocycles. The van der Waals surface area contributed by atoms with Gasteiger partial charge in [-0.05, 0) is 47.6 Å². The van der Waals surface area contributed by atoms with Gasteiger partial charge < -0.3 is 14.0 Å². The van der Waals surface area contributed by atoms with Crippen molar-refractivity contribution in [3.8, 4) is 16.9 Å². The molecule has 5 heteroatoms. The van der Waals surface area contributed by atoms with Crippen LogP contribution < -0.4 is 10.3 Å². The molecule has 0 atom stereocenters. The van der Waals surface area contributed by atoms with E-state index in [0.717, 1.165) is 11.1 Å². The lowest BCUT2D eigenvalue weighted by molar-refractivity contribution is 0.0512. The Morgan fingerprint density at radius 3 is 2.24 bits per heavy atom. The second kappa shape index (κ2) is 10.4. The van der Waals surface area contributed by atoms with E-state index >= 15 is 0 Å². The number of pyridine rings is 1. The molecule has 0 radical (unpaired) electrons. The molecule has 0 amide bonds. The van der Waals surface area contributed by atoms with E-state index in [1.807, 2.05) is 86.6 Å². The number of fused-ring (bicyclic) bond motifs is 1. The number of hydrogen-bond donors (Lipinski definition) is 0. The minimum absolute atomic E-state index is 0.157. The minimum Gasteiger partial charge on any atom is -0.489 e. The van der Waals surface area contributed by atoms with Gasteiger partial charge in [0.25, 0.3) is 5.56 Å². The Kier molecular flexibility index (Phi) is 7.12. The molecule has 4 rings (SSSR count). The fourth-order valence-corrected chi connectivity index (χ4v) is 4.11. The van der Waals surface area contributed by atoms with Crippen molar-refractivity contribution in [2.75, 3.05) is 6.61 Å². The summed E-state index contributed by atoms with van der Waals surface area (Å²) < 4.78 is 13.0. The van der Waals surface area contributed by atoms with Gasteiger partial charge in [-0.1, -0.05) is 74.5 Å². The van der Waals surface area contributed by atoms with Gasteiger partial charge in [0.05, 0.1) is 12.0 Å². The quantitative estimate of drug-likeness (QED) is 0.302. The summed E-state index contributed by atoms with van der Waals surface area (Å²) in [5, 5.41) is 1.21. The molecule has 0 saturated carbocycles. The number of benzene rings is 3. The highest BCUT2D eigenvalue weighted by molar-refractivity contribution is 6.07. The number of carbonyl (C=O) groups excluding carboxylic acids is 1. The van der Waals surface area contributed by atoms with Crippen molar-refractivity contribution < 1.29 is 14.3 Å². The fraction of sp³-hybridized carbons (Fsp3) is 0.241. The molecular weight excluding hydrogens is 426 g/mol. The van der Waals surface area contributed by atoms with Crippen molar-refractivity contribution in [1.29, 1.82) is 0 Å². The monoisotopic (exact) mass is 455 g/mol. The van der Waals surface area contributed by atoms with Crippen LogP contribution in [0, 0.1) is 5.92 Å². The third-order valence-electron chi connectivity index (χ3n) is 5.57. The van der Waals surface area contributed by atoms with E-state index in [1.54, 1.807) is 17.6 Å². The van der Waals surface area contributed by atoms with Crippen LogP contribution in [-0.2, 0) is 17.9 Å². The third kappa shape index (κ3) is 4.88. The van der Waals surface area contributed by atoms with E-state index in [2.05, 4.69) is 0 Å². The number of rotatable bonds is 8. The van der Waals surface area contributed by atoms with Gasteiger partial charge in [-0.25, -0.2) is 4.79 Å². The maximum absolute atomic E-state index is 13.7. The van der Waals surface area contributed by atoms with Crippen LogP contribution in [-0.4, -0.2) is 17.1 Å². The van der Waals surface area contributed by atoms with Crippen LogP contribution in [0.25, 0.3) is 21.9 Å². The molecule has 0 aliphatic carbocycles. The van der Waals surface area contributed by atoms with Gasteiger partial charge in [-0.3, -0.25) is 4.79 Å². The predicted molar refractivity (Wildman–Crippen MR) is 135 cm³/mol. The first-order chi connectivity index (χ1) is 16.5. The Balaban J connectivity index is 1.93. The third-order valence-corrected chi connectivity index (χ3v) is 5.57. The smallest absolute Gasteiger partial charge is 0.355 e. The van der Waals surface area contributed by atoms with Crippen molar-refractivity contribution in [3.63, 3.8) is 0 Å². The summed E-state index contributed by atoms with van der Waals surface area (Å²) in [6, 6.07) is 25.0. The van der Waals surface area contributed by atoms with Gasteiger partial charge in [0.1, 0.15) is 18.1 Å². The largest absolute Gasteiger partial charge is 0.489 e. The summed E-state index contributed by atoms with van der Waals surface area (Å²) in [6.45, 7) is 6.84. The van der Waals surface area contributed by atoms with Crippen molar-refractivity contribution >= 4 is 16.7 Å². The van der Waals surface area contributed by atoms with Crippen molar-refractivity contribution in [2.45, 2.75) is 33.9 Å². The first-order valence-corrected chi connectivity index (χ1v) is 11.6. The lowest BCUT2D eigenvalue weighted by Crippen LogP contribution is -2.30. The van der Waals surface area contributed by atoms with Crippen LogP contribution >= 0.6 is 0 Å². The van der Waals surface area contributed by atoms with Crippen LogP contribution in [0.4, 0.5) is 0 Å².